The lowest BCUT2D eigenvalue weighted by Gasteiger charge is -2.17. The molecule has 1 aromatic carbocycles. The topological polar surface area (TPSA) is 94.2 Å². The van der Waals surface area contributed by atoms with Crippen molar-refractivity contribution in [3.05, 3.63) is 35.5 Å². The van der Waals surface area contributed by atoms with Gasteiger partial charge in [-0.15, -0.1) is 0 Å². The van der Waals surface area contributed by atoms with E-state index in [1.54, 1.807) is 0 Å². The second-order valence-electron chi connectivity index (χ2n) is 6.74. The number of hydrogen-bond donors (Lipinski definition) is 3. The van der Waals surface area contributed by atoms with Gasteiger partial charge in [-0.05, 0) is 12.1 Å². The number of ether oxygens (including phenoxy) is 1. The zero-order valence-corrected chi connectivity index (χ0v) is 15.2. The van der Waals surface area contributed by atoms with Crippen LogP contribution in [-0.2, 0) is 10.2 Å². The zero-order valence-electron chi connectivity index (χ0n) is 15.2. The Hall–Kier alpha value is -2.68. The van der Waals surface area contributed by atoms with Gasteiger partial charge in [-0.1, -0.05) is 20.8 Å². The van der Waals surface area contributed by atoms with Crippen LogP contribution < -0.4 is 16.4 Å². The van der Waals surface area contributed by atoms with Crippen molar-refractivity contribution >= 4 is 17.5 Å². The highest BCUT2D eigenvalue weighted by atomic mass is 19.1. The van der Waals surface area contributed by atoms with Crippen LogP contribution in [0.3, 0.4) is 0 Å². The largest absolute Gasteiger partial charge is 0.383 e. The summed E-state index contributed by atoms with van der Waals surface area (Å²) in [5, 5.41) is 9.56. The first-order valence-electron chi connectivity index (χ1n) is 8.03. The molecular formula is C17H23F2N5O2. The molecule has 0 unspecified atom stereocenters. The van der Waals surface area contributed by atoms with Gasteiger partial charge in [0.25, 0.3) is 0 Å². The van der Waals surface area contributed by atoms with Gasteiger partial charge in [-0.3, -0.25) is 0 Å². The summed E-state index contributed by atoms with van der Waals surface area (Å²) in [5.41, 5.74) is 6.15. The fourth-order valence-corrected chi connectivity index (χ4v) is 2.34. The van der Waals surface area contributed by atoms with Crippen LogP contribution in [0.5, 0.6) is 0 Å². The molecule has 7 nitrogen and oxygen atoms in total. The molecule has 0 spiro atoms. The van der Waals surface area contributed by atoms with Crippen LogP contribution in [0.4, 0.5) is 25.1 Å². The molecule has 2 aromatic rings. The first-order chi connectivity index (χ1) is 12.1. The number of nitrogen functional groups attached to an aromatic ring is 1. The summed E-state index contributed by atoms with van der Waals surface area (Å²) in [5.74, 6) is -1.31. The van der Waals surface area contributed by atoms with E-state index >= 15 is 0 Å². The molecule has 0 aliphatic heterocycles. The fraction of sp³-hybridized carbons (Fsp3) is 0.412. The Bertz CT molecular complexity index is 799. The van der Waals surface area contributed by atoms with Crippen LogP contribution in [0, 0.1) is 11.6 Å². The van der Waals surface area contributed by atoms with Crippen LogP contribution >= 0.6 is 0 Å². The Balaban J connectivity index is 2.46. The van der Waals surface area contributed by atoms with Gasteiger partial charge in [0.15, 0.2) is 5.82 Å². The third-order valence-electron chi connectivity index (χ3n) is 3.60. The summed E-state index contributed by atoms with van der Waals surface area (Å²) in [6.45, 7) is 6.27. The molecule has 2 rings (SSSR count). The van der Waals surface area contributed by atoms with Crippen molar-refractivity contribution in [2.75, 3.05) is 31.3 Å². The van der Waals surface area contributed by atoms with Crippen molar-refractivity contribution in [2.45, 2.75) is 26.2 Å². The molecule has 0 bridgehead atoms. The van der Waals surface area contributed by atoms with Crippen molar-refractivity contribution in [1.29, 1.82) is 0 Å². The number of nitrogens with zero attached hydrogens (tertiary/aromatic N) is 2. The molecule has 142 valence electrons. The van der Waals surface area contributed by atoms with Crippen molar-refractivity contribution in [3.63, 3.8) is 0 Å². The number of urea groups is 1. The monoisotopic (exact) mass is 367 g/mol. The van der Waals surface area contributed by atoms with Gasteiger partial charge in [0, 0.05) is 25.1 Å². The van der Waals surface area contributed by atoms with E-state index in [0.717, 1.165) is 22.9 Å². The number of nitrogens with two attached hydrogens (primary N) is 1. The lowest BCUT2D eigenvalue weighted by molar-refractivity contribution is 0.198. The molecule has 2 amide bonds. The van der Waals surface area contributed by atoms with Crippen molar-refractivity contribution < 1.29 is 18.3 Å². The number of amides is 2. The van der Waals surface area contributed by atoms with Gasteiger partial charge < -0.3 is 21.1 Å². The number of halogens is 2. The molecule has 0 radical (unpaired) electrons. The summed E-state index contributed by atoms with van der Waals surface area (Å²) in [6.07, 6.45) is 0. The Morgan fingerprint density at radius 1 is 1.35 bits per heavy atom. The normalized spacial score (nSPS) is 11.5. The van der Waals surface area contributed by atoms with Gasteiger partial charge in [0.05, 0.1) is 12.3 Å². The Labute approximate surface area is 150 Å². The van der Waals surface area contributed by atoms with E-state index in [0.29, 0.717) is 18.8 Å². The molecule has 1 heterocycles. The predicted molar refractivity (Wildman–Crippen MR) is 95.5 cm³/mol. The van der Waals surface area contributed by atoms with Gasteiger partial charge in [-0.2, -0.15) is 5.10 Å². The molecule has 9 heteroatoms. The Morgan fingerprint density at radius 3 is 2.65 bits per heavy atom. The molecule has 0 aliphatic carbocycles. The summed E-state index contributed by atoms with van der Waals surface area (Å²) < 4.78 is 33.6. The molecule has 1 aromatic heterocycles. The minimum absolute atomic E-state index is 0.00122. The summed E-state index contributed by atoms with van der Waals surface area (Å²) >= 11 is 0. The highest BCUT2D eigenvalue weighted by molar-refractivity contribution is 5.93. The van der Waals surface area contributed by atoms with E-state index in [4.69, 9.17) is 10.5 Å². The number of nitrogens with one attached hydrogen (secondary N) is 2. The van der Waals surface area contributed by atoms with E-state index in [1.807, 2.05) is 20.8 Å². The Morgan fingerprint density at radius 2 is 2.04 bits per heavy atom. The smallest absolute Gasteiger partial charge is 0.319 e. The number of aromatic nitrogens is 2. The van der Waals surface area contributed by atoms with Gasteiger partial charge in [0.1, 0.15) is 23.0 Å². The lowest BCUT2D eigenvalue weighted by atomic mass is 9.91. The highest BCUT2D eigenvalue weighted by Gasteiger charge is 2.28. The van der Waals surface area contributed by atoms with E-state index < -0.39 is 23.1 Å². The van der Waals surface area contributed by atoms with Crippen LogP contribution in [0.1, 0.15) is 26.5 Å². The quantitative estimate of drug-likeness (QED) is 0.709. The lowest BCUT2D eigenvalue weighted by Crippen LogP contribution is -2.32. The SMILES string of the molecule is COCCNC(=O)Nc1c(C(C)(C)C)nn(-c2cc(F)ccc2F)c1N. The molecule has 4 N–H and O–H groups in total. The highest BCUT2D eigenvalue weighted by Crippen LogP contribution is 2.35. The maximum atomic E-state index is 14.1. The maximum absolute atomic E-state index is 14.1. The van der Waals surface area contributed by atoms with E-state index in [9.17, 15) is 13.6 Å². The summed E-state index contributed by atoms with van der Waals surface area (Å²) in [7, 11) is 1.52. The van der Waals surface area contributed by atoms with Crippen LogP contribution in [0.25, 0.3) is 5.69 Å². The first-order valence-corrected chi connectivity index (χ1v) is 8.03. The summed E-state index contributed by atoms with van der Waals surface area (Å²) in [4.78, 5) is 12.1. The van der Waals surface area contributed by atoms with Gasteiger partial charge >= 0.3 is 6.03 Å². The van der Waals surface area contributed by atoms with Gasteiger partial charge in [-0.25, -0.2) is 18.3 Å². The van der Waals surface area contributed by atoms with Crippen LogP contribution in [0.2, 0.25) is 0 Å². The van der Waals surface area contributed by atoms with Gasteiger partial charge in [0.2, 0.25) is 0 Å². The number of benzene rings is 1. The fourth-order valence-electron chi connectivity index (χ4n) is 2.34. The Kier molecular flexibility index (Phi) is 5.81. The van der Waals surface area contributed by atoms with Crippen LogP contribution in [0.15, 0.2) is 18.2 Å². The molecule has 0 atom stereocenters. The third kappa shape index (κ3) is 4.29. The third-order valence-corrected chi connectivity index (χ3v) is 3.60. The second-order valence-corrected chi connectivity index (χ2v) is 6.74. The van der Waals surface area contributed by atoms with Crippen molar-refractivity contribution in [1.82, 2.24) is 15.1 Å². The standard InChI is InChI=1S/C17H23F2N5O2/c1-17(2,3)14-13(22-16(25)21-7-8-26-4)15(20)24(23-14)12-9-10(18)5-6-11(12)19/h5-6,9H,7-8,20H2,1-4H3,(H2,21,22,25). The molecule has 0 saturated carbocycles. The second kappa shape index (κ2) is 7.69. The van der Waals surface area contributed by atoms with E-state index in [1.165, 1.54) is 7.11 Å². The maximum Gasteiger partial charge on any atom is 0.319 e. The average Bonchev–Trinajstić information content (AvgIpc) is 2.87. The average molecular weight is 367 g/mol. The summed E-state index contributed by atoms with van der Waals surface area (Å²) in [6, 6.07) is 2.49. The molecule has 0 aliphatic rings. The number of methoxy groups -OCH3 is 1. The predicted octanol–water partition coefficient (Wildman–Crippen LogP) is 2.80. The van der Waals surface area contributed by atoms with E-state index in [-0.39, 0.29) is 17.2 Å². The minimum Gasteiger partial charge on any atom is -0.383 e. The number of carbonyl (C=O) groups excluding carboxylic acids is 1. The number of anilines is 2. The number of rotatable bonds is 5. The van der Waals surface area contributed by atoms with Crippen molar-refractivity contribution in [2.24, 2.45) is 0 Å². The van der Waals surface area contributed by atoms with Crippen LogP contribution in [-0.4, -0.2) is 36.1 Å². The van der Waals surface area contributed by atoms with Crippen molar-refractivity contribution in [3.8, 4) is 5.69 Å². The minimum atomic E-state index is -0.683. The molecular weight excluding hydrogens is 344 g/mol. The first kappa shape index (κ1) is 19.6. The molecule has 0 fully saturated rings. The molecule has 0 saturated heterocycles. The number of hydrogen-bond acceptors (Lipinski definition) is 4. The molecule has 26 heavy (non-hydrogen) atoms. The van der Waals surface area contributed by atoms with E-state index in [2.05, 4.69) is 15.7 Å². The number of carbonyl (C=O) groups is 1. The zero-order chi connectivity index (χ0) is 19.5.